The summed E-state index contributed by atoms with van der Waals surface area (Å²) < 4.78 is 5.20. The van der Waals surface area contributed by atoms with Crippen molar-refractivity contribution in [3.63, 3.8) is 0 Å². The van der Waals surface area contributed by atoms with Gasteiger partial charge in [0.25, 0.3) is 0 Å². The molecule has 0 saturated carbocycles. The first-order valence-corrected chi connectivity index (χ1v) is 7.81. The van der Waals surface area contributed by atoms with Crippen LogP contribution in [-0.2, 0) is 6.42 Å². The van der Waals surface area contributed by atoms with Crippen LogP contribution in [0.1, 0.15) is 39.7 Å². The molecule has 1 heterocycles. The van der Waals surface area contributed by atoms with Crippen molar-refractivity contribution in [2.24, 2.45) is 0 Å². The lowest BCUT2D eigenvalue weighted by Crippen LogP contribution is -2.17. The highest BCUT2D eigenvalue weighted by Crippen LogP contribution is 2.36. The van der Waals surface area contributed by atoms with E-state index in [0.717, 1.165) is 19.3 Å². The number of hydrogen-bond acceptors (Lipinski definition) is 4. The molecule has 0 radical (unpaired) electrons. The van der Waals surface area contributed by atoms with Gasteiger partial charge in [-0.2, -0.15) is 0 Å². The lowest BCUT2D eigenvalue weighted by Gasteiger charge is -2.25. The Kier molecular flexibility index (Phi) is 3.84. The number of thiophene rings is 1. The molecule has 21 heavy (non-hydrogen) atoms. The molecule has 0 amide bonds. The van der Waals surface area contributed by atoms with E-state index < -0.39 is 5.97 Å². The summed E-state index contributed by atoms with van der Waals surface area (Å²) in [6.07, 6.45) is 3.26. The minimum absolute atomic E-state index is 0.171. The largest absolute Gasteiger partial charge is 0.497 e. The summed E-state index contributed by atoms with van der Waals surface area (Å²) in [7, 11) is 1.58. The third-order valence-electron chi connectivity index (χ3n) is 3.84. The maximum absolute atomic E-state index is 11.4. The van der Waals surface area contributed by atoms with Crippen LogP contribution in [0.15, 0.2) is 29.6 Å². The molecule has 1 unspecified atom stereocenters. The minimum atomic E-state index is -0.929. The first kappa shape index (κ1) is 13.9. The molecule has 0 fully saturated rings. The smallest absolute Gasteiger partial charge is 0.337 e. The molecular weight excluding hydrogens is 286 g/mol. The van der Waals surface area contributed by atoms with Gasteiger partial charge in [0, 0.05) is 10.9 Å². The average molecular weight is 303 g/mol. The van der Waals surface area contributed by atoms with E-state index >= 15 is 0 Å². The highest BCUT2D eigenvalue weighted by atomic mass is 32.1. The van der Waals surface area contributed by atoms with Gasteiger partial charge < -0.3 is 15.2 Å². The fourth-order valence-electron chi connectivity index (χ4n) is 2.78. The molecule has 1 aromatic carbocycles. The van der Waals surface area contributed by atoms with Crippen molar-refractivity contribution in [2.75, 3.05) is 12.4 Å². The number of methoxy groups -OCH3 is 1. The zero-order chi connectivity index (χ0) is 14.8. The molecule has 0 aliphatic heterocycles. The number of aromatic carboxylic acids is 1. The van der Waals surface area contributed by atoms with Crippen LogP contribution in [-0.4, -0.2) is 18.2 Å². The van der Waals surface area contributed by atoms with E-state index in [2.05, 4.69) is 16.8 Å². The van der Waals surface area contributed by atoms with Crippen LogP contribution in [0.25, 0.3) is 0 Å². The Balaban J connectivity index is 1.93. The molecule has 2 aromatic rings. The number of ether oxygens (including phenoxy) is 1. The van der Waals surface area contributed by atoms with Gasteiger partial charge >= 0.3 is 5.97 Å². The van der Waals surface area contributed by atoms with Crippen molar-refractivity contribution >= 4 is 23.0 Å². The lowest BCUT2D eigenvalue weighted by atomic mass is 9.93. The molecule has 110 valence electrons. The number of hydrogen-bond donors (Lipinski definition) is 2. The summed E-state index contributed by atoms with van der Waals surface area (Å²) in [4.78, 5) is 12.8. The van der Waals surface area contributed by atoms with Crippen molar-refractivity contribution in [1.29, 1.82) is 0 Å². The van der Waals surface area contributed by atoms with Gasteiger partial charge in [0.05, 0.1) is 24.4 Å². The van der Waals surface area contributed by atoms with Crippen LogP contribution in [0.3, 0.4) is 0 Å². The Hall–Kier alpha value is -2.01. The monoisotopic (exact) mass is 303 g/mol. The highest BCUT2D eigenvalue weighted by Gasteiger charge is 2.23. The van der Waals surface area contributed by atoms with Crippen molar-refractivity contribution in [3.05, 3.63) is 45.6 Å². The second kappa shape index (κ2) is 5.77. The van der Waals surface area contributed by atoms with Gasteiger partial charge in [0.1, 0.15) is 5.75 Å². The number of carbonyl (C=O) groups is 1. The van der Waals surface area contributed by atoms with Crippen LogP contribution in [0.5, 0.6) is 5.75 Å². The second-order valence-electron chi connectivity index (χ2n) is 5.10. The normalized spacial score (nSPS) is 17.1. The van der Waals surface area contributed by atoms with Gasteiger partial charge in [-0.1, -0.05) is 0 Å². The highest BCUT2D eigenvalue weighted by molar-refractivity contribution is 7.10. The van der Waals surface area contributed by atoms with Crippen LogP contribution in [0, 0.1) is 0 Å². The summed E-state index contributed by atoms with van der Waals surface area (Å²) >= 11 is 1.78. The van der Waals surface area contributed by atoms with Crippen molar-refractivity contribution in [3.8, 4) is 5.75 Å². The second-order valence-corrected chi connectivity index (χ2v) is 6.11. The molecule has 1 atom stereocenters. The maximum Gasteiger partial charge on any atom is 0.337 e. The predicted molar refractivity (Wildman–Crippen MR) is 83.6 cm³/mol. The number of anilines is 1. The predicted octanol–water partition coefficient (Wildman–Crippen LogP) is 3.94. The van der Waals surface area contributed by atoms with Crippen LogP contribution >= 0.6 is 11.3 Å². The van der Waals surface area contributed by atoms with E-state index in [9.17, 15) is 9.90 Å². The standard InChI is InChI=1S/C16H17NO3S/c1-20-10-5-6-12(16(18)19)14(9-10)17-13-3-2-4-15-11(13)7-8-21-15/h5-9,13,17H,2-4H2,1H3,(H,18,19). The van der Waals surface area contributed by atoms with Gasteiger partial charge in [0.15, 0.2) is 0 Å². The number of rotatable bonds is 4. The number of benzene rings is 1. The van der Waals surface area contributed by atoms with Crippen LogP contribution < -0.4 is 10.1 Å². The number of nitrogens with one attached hydrogen (secondary N) is 1. The van der Waals surface area contributed by atoms with Crippen LogP contribution in [0.2, 0.25) is 0 Å². The zero-order valence-electron chi connectivity index (χ0n) is 11.8. The fraction of sp³-hybridized carbons (Fsp3) is 0.312. The molecule has 5 heteroatoms. The summed E-state index contributed by atoms with van der Waals surface area (Å²) in [6, 6.07) is 7.32. The van der Waals surface area contributed by atoms with Crippen molar-refractivity contribution in [1.82, 2.24) is 0 Å². The Morgan fingerprint density at radius 2 is 2.29 bits per heavy atom. The molecular formula is C16H17NO3S. The molecule has 4 nitrogen and oxygen atoms in total. The molecule has 0 spiro atoms. The Labute approximate surface area is 127 Å². The molecule has 3 rings (SSSR count). The number of fused-ring (bicyclic) bond motifs is 1. The lowest BCUT2D eigenvalue weighted by molar-refractivity contribution is 0.0698. The van der Waals surface area contributed by atoms with E-state index in [4.69, 9.17) is 4.74 Å². The third-order valence-corrected chi connectivity index (χ3v) is 4.84. The number of carboxylic acid groups (broad SMARTS) is 1. The van der Waals surface area contributed by atoms with Crippen LogP contribution in [0.4, 0.5) is 5.69 Å². The molecule has 2 N–H and O–H groups in total. The van der Waals surface area contributed by atoms with Gasteiger partial charge in [-0.3, -0.25) is 0 Å². The summed E-state index contributed by atoms with van der Waals surface area (Å²) in [5.74, 6) is -0.273. The maximum atomic E-state index is 11.4. The topological polar surface area (TPSA) is 58.6 Å². The van der Waals surface area contributed by atoms with E-state index in [1.165, 1.54) is 10.4 Å². The zero-order valence-corrected chi connectivity index (χ0v) is 12.6. The van der Waals surface area contributed by atoms with Gasteiger partial charge in [-0.15, -0.1) is 11.3 Å². The summed E-state index contributed by atoms with van der Waals surface area (Å²) in [5.41, 5.74) is 2.19. The molecule has 1 aliphatic rings. The Morgan fingerprint density at radius 3 is 3.05 bits per heavy atom. The minimum Gasteiger partial charge on any atom is -0.497 e. The molecule has 0 bridgehead atoms. The van der Waals surface area contributed by atoms with E-state index in [1.54, 1.807) is 36.6 Å². The van der Waals surface area contributed by atoms with Crippen molar-refractivity contribution < 1.29 is 14.6 Å². The van der Waals surface area contributed by atoms with E-state index in [1.807, 2.05) is 0 Å². The van der Waals surface area contributed by atoms with Crippen molar-refractivity contribution in [2.45, 2.75) is 25.3 Å². The molecule has 1 aromatic heterocycles. The van der Waals surface area contributed by atoms with Gasteiger partial charge in [-0.25, -0.2) is 4.79 Å². The number of aryl methyl sites for hydroxylation is 1. The molecule has 1 aliphatic carbocycles. The quantitative estimate of drug-likeness (QED) is 0.898. The average Bonchev–Trinajstić information content (AvgIpc) is 2.96. The number of carboxylic acids is 1. The van der Waals surface area contributed by atoms with E-state index in [0.29, 0.717) is 11.4 Å². The SMILES string of the molecule is COc1ccc(C(=O)O)c(NC2CCCc3sccc32)c1. The molecule has 0 saturated heterocycles. The third kappa shape index (κ3) is 2.74. The van der Waals surface area contributed by atoms with Gasteiger partial charge in [-0.05, 0) is 48.4 Å². The summed E-state index contributed by atoms with van der Waals surface area (Å²) in [5, 5.41) is 14.8. The Morgan fingerprint density at radius 1 is 1.43 bits per heavy atom. The first-order chi connectivity index (χ1) is 10.2. The first-order valence-electron chi connectivity index (χ1n) is 6.93. The summed E-state index contributed by atoms with van der Waals surface area (Å²) in [6.45, 7) is 0. The fourth-order valence-corrected chi connectivity index (χ4v) is 3.77. The van der Waals surface area contributed by atoms with Gasteiger partial charge in [0.2, 0.25) is 0 Å². The Bertz CT molecular complexity index is 665. The van der Waals surface area contributed by atoms with E-state index in [-0.39, 0.29) is 11.6 Å².